The van der Waals surface area contributed by atoms with Gasteiger partial charge in [-0.15, -0.1) is 0 Å². The van der Waals surface area contributed by atoms with E-state index in [1.54, 1.807) is 0 Å². The molecule has 1 unspecified atom stereocenters. The van der Waals surface area contributed by atoms with Gasteiger partial charge in [0.15, 0.2) is 9.84 Å². The summed E-state index contributed by atoms with van der Waals surface area (Å²) < 4.78 is 23.1. The van der Waals surface area contributed by atoms with Crippen LogP contribution in [0.2, 0.25) is 0 Å². The molecule has 0 saturated heterocycles. The Balaban J connectivity index is 3.09. The number of benzene rings is 1. The number of hydrogen-bond donors (Lipinski definition) is 2. The van der Waals surface area contributed by atoms with Crippen molar-refractivity contribution in [2.45, 2.75) is 17.4 Å². The summed E-state index contributed by atoms with van der Waals surface area (Å²) in [6, 6.07) is 3.81. The lowest BCUT2D eigenvalue weighted by molar-refractivity contribution is -0.137. The lowest BCUT2D eigenvalue weighted by Crippen LogP contribution is -2.15. The molecule has 1 rings (SSSR count). The molecule has 0 aromatic heterocycles. The summed E-state index contributed by atoms with van der Waals surface area (Å²) in [5.41, 5.74) is 6.25. The first-order valence-electron chi connectivity index (χ1n) is 4.68. The number of carboxylic acid groups (broad SMARTS) is 1. The predicted molar refractivity (Wildman–Crippen MR) is 66.4 cm³/mol. The van der Waals surface area contributed by atoms with Crippen LogP contribution in [-0.2, 0) is 14.6 Å². The average Bonchev–Trinajstić information content (AvgIpc) is 2.14. The lowest BCUT2D eigenvalue weighted by Gasteiger charge is -2.11. The molecule has 0 heterocycles. The zero-order chi connectivity index (χ0) is 13.2. The molecule has 0 saturated carbocycles. The van der Waals surface area contributed by atoms with E-state index in [1.807, 2.05) is 0 Å². The van der Waals surface area contributed by atoms with E-state index in [-0.39, 0.29) is 11.3 Å². The standard InChI is InChI=1S/C10H12BrNO4S/c1-17(15,16)9-3-2-6(4-7(9)11)8(12)5-10(13)14/h2-4,8H,5,12H2,1H3,(H,13,14). The summed E-state index contributed by atoms with van der Waals surface area (Å²) in [5.74, 6) is -0.999. The van der Waals surface area contributed by atoms with Crippen molar-refractivity contribution in [1.82, 2.24) is 0 Å². The Morgan fingerprint density at radius 1 is 1.53 bits per heavy atom. The van der Waals surface area contributed by atoms with E-state index in [1.165, 1.54) is 18.2 Å². The summed E-state index contributed by atoms with van der Waals surface area (Å²) in [4.78, 5) is 10.7. The van der Waals surface area contributed by atoms with Crippen molar-refractivity contribution in [3.63, 3.8) is 0 Å². The minimum atomic E-state index is -3.30. The molecule has 0 fully saturated rings. The van der Waals surface area contributed by atoms with Crippen LogP contribution in [0.4, 0.5) is 0 Å². The maximum absolute atomic E-state index is 11.4. The van der Waals surface area contributed by atoms with Crippen molar-refractivity contribution in [3.05, 3.63) is 28.2 Å². The highest BCUT2D eigenvalue weighted by Crippen LogP contribution is 2.26. The van der Waals surface area contributed by atoms with Crippen molar-refractivity contribution in [3.8, 4) is 0 Å². The van der Waals surface area contributed by atoms with Gasteiger partial charge in [0.25, 0.3) is 0 Å². The summed E-state index contributed by atoms with van der Waals surface area (Å²) in [5, 5.41) is 8.61. The molecule has 0 aliphatic carbocycles. The molecular formula is C10H12BrNO4S. The van der Waals surface area contributed by atoms with Gasteiger partial charge in [0.2, 0.25) is 0 Å². The number of carbonyl (C=O) groups is 1. The van der Waals surface area contributed by atoms with Gasteiger partial charge in [-0.25, -0.2) is 8.42 Å². The molecule has 0 aliphatic rings. The fourth-order valence-electron chi connectivity index (χ4n) is 1.35. The largest absolute Gasteiger partial charge is 0.481 e. The maximum Gasteiger partial charge on any atom is 0.305 e. The topological polar surface area (TPSA) is 97.5 Å². The van der Waals surface area contributed by atoms with Crippen molar-refractivity contribution in [2.75, 3.05) is 6.26 Å². The number of hydrogen-bond acceptors (Lipinski definition) is 4. The monoisotopic (exact) mass is 321 g/mol. The second-order valence-electron chi connectivity index (χ2n) is 3.67. The predicted octanol–water partition coefficient (Wildman–Crippen LogP) is 1.33. The molecule has 5 nitrogen and oxygen atoms in total. The third-order valence-electron chi connectivity index (χ3n) is 2.18. The van der Waals surface area contributed by atoms with Crippen LogP contribution < -0.4 is 5.73 Å². The molecule has 0 spiro atoms. The van der Waals surface area contributed by atoms with Gasteiger partial charge in [-0.2, -0.15) is 0 Å². The summed E-state index contributed by atoms with van der Waals surface area (Å²) in [6.07, 6.45) is 0.897. The Labute approximate surface area is 108 Å². The Morgan fingerprint density at radius 3 is 2.53 bits per heavy atom. The van der Waals surface area contributed by atoms with Crippen LogP contribution in [0.3, 0.4) is 0 Å². The van der Waals surface area contributed by atoms with Crippen LogP contribution in [0.5, 0.6) is 0 Å². The van der Waals surface area contributed by atoms with E-state index < -0.39 is 21.8 Å². The highest BCUT2D eigenvalue weighted by Gasteiger charge is 2.15. The van der Waals surface area contributed by atoms with Gasteiger partial charge in [0.05, 0.1) is 11.3 Å². The smallest absolute Gasteiger partial charge is 0.305 e. The molecule has 0 amide bonds. The SMILES string of the molecule is CS(=O)(=O)c1ccc(C(N)CC(=O)O)cc1Br. The first-order chi connectivity index (χ1) is 7.71. The third-order valence-corrected chi connectivity index (χ3v) is 4.25. The van der Waals surface area contributed by atoms with E-state index in [0.29, 0.717) is 10.0 Å². The number of rotatable bonds is 4. The highest BCUT2D eigenvalue weighted by atomic mass is 79.9. The molecular weight excluding hydrogens is 310 g/mol. The molecule has 94 valence electrons. The number of nitrogens with two attached hydrogens (primary N) is 1. The van der Waals surface area contributed by atoms with Crippen LogP contribution in [0.25, 0.3) is 0 Å². The first kappa shape index (κ1) is 14.1. The first-order valence-corrected chi connectivity index (χ1v) is 7.37. The molecule has 17 heavy (non-hydrogen) atoms. The lowest BCUT2D eigenvalue weighted by atomic mass is 10.1. The van der Waals surface area contributed by atoms with Crippen LogP contribution >= 0.6 is 15.9 Å². The van der Waals surface area contributed by atoms with Crippen molar-refractivity contribution in [1.29, 1.82) is 0 Å². The molecule has 0 radical (unpaired) electrons. The van der Waals surface area contributed by atoms with E-state index in [2.05, 4.69) is 15.9 Å². The second kappa shape index (κ2) is 5.16. The van der Waals surface area contributed by atoms with Gasteiger partial charge >= 0.3 is 5.97 Å². The summed E-state index contributed by atoms with van der Waals surface area (Å²) in [6.45, 7) is 0. The maximum atomic E-state index is 11.4. The average molecular weight is 322 g/mol. The third kappa shape index (κ3) is 3.79. The molecule has 0 bridgehead atoms. The van der Waals surface area contributed by atoms with Crippen LogP contribution in [0.1, 0.15) is 18.0 Å². The van der Waals surface area contributed by atoms with Gasteiger partial charge in [-0.3, -0.25) is 4.79 Å². The van der Waals surface area contributed by atoms with E-state index in [0.717, 1.165) is 6.26 Å². The minimum Gasteiger partial charge on any atom is -0.481 e. The van der Waals surface area contributed by atoms with Crippen LogP contribution in [0, 0.1) is 0 Å². The van der Waals surface area contributed by atoms with Gasteiger partial charge in [-0.1, -0.05) is 6.07 Å². The Hall–Kier alpha value is -0.920. The summed E-state index contributed by atoms with van der Waals surface area (Å²) >= 11 is 3.14. The highest BCUT2D eigenvalue weighted by molar-refractivity contribution is 9.10. The number of sulfone groups is 1. The van der Waals surface area contributed by atoms with Gasteiger partial charge in [0.1, 0.15) is 0 Å². The minimum absolute atomic E-state index is 0.156. The van der Waals surface area contributed by atoms with Gasteiger partial charge in [0, 0.05) is 16.8 Å². The fraction of sp³-hybridized carbons (Fsp3) is 0.300. The molecule has 1 aromatic rings. The quantitative estimate of drug-likeness (QED) is 0.871. The van der Waals surface area contributed by atoms with Crippen molar-refractivity contribution < 1.29 is 18.3 Å². The normalized spacial score (nSPS) is 13.4. The van der Waals surface area contributed by atoms with E-state index in [9.17, 15) is 13.2 Å². The number of carboxylic acids is 1. The van der Waals surface area contributed by atoms with Gasteiger partial charge < -0.3 is 10.8 Å². The second-order valence-corrected chi connectivity index (χ2v) is 6.50. The van der Waals surface area contributed by atoms with E-state index in [4.69, 9.17) is 10.8 Å². The molecule has 1 atom stereocenters. The molecule has 7 heteroatoms. The number of aliphatic carboxylic acids is 1. The molecule has 1 aromatic carbocycles. The molecule has 3 N–H and O–H groups in total. The molecule has 0 aliphatic heterocycles. The summed E-state index contributed by atoms with van der Waals surface area (Å²) in [7, 11) is -3.30. The van der Waals surface area contributed by atoms with Crippen molar-refractivity contribution >= 4 is 31.7 Å². The van der Waals surface area contributed by atoms with Crippen molar-refractivity contribution in [2.24, 2.45) is 5.73 Å². The zero-order valence-electron chi connectivity index (χ0n) is 9.05. The Morgan fingerprint density at radius 2 is 2.12 bits per heavy atom. The Bertz CT molecular complexity index is 541. The van der Waals surface area contributed by atoms with E-state index >= 15 is 0 Å². The Kier molecular flexibility index (Phi) is 4.29. The zero-order valence-corrected chi connectivity index (χ0v) is 11.5. The fourth-order valence-corrected chi connectivity index (χ4v) is 3.36. The van der Waals surface area contributed by atoms with Gasteiger partial charge in [-0.05, 0) is 33.6 Å². The van der Waals surface area contributed by atoms with Crippen LogP contribution in [0.15, 0.2) is 27.6 Å². The number of halogens is 1. The van der Waals surface area contributed by atoms with Crippen LogP contribution in [-0.4, -0.2) is 25.7 Å².